The highest BCUT2D eigenvalue weighted by atomic mass is 35.5. The summed E-state index contributed by atoms with van der Waals surface area (Å²) >= 11 is 6.06. The van der Waals surface area contributed by atoms with Gasteiger partial charge in [0.25, 0.3) is 5.91 Å². The number of benzene rings is 2. The number of hydrogen-bond acceptors (Lipinski definition) is 4. The van der Waals surface area contributed by atoms with E-state index in [2.05, 4.69) is 29.8 Å². The Morgan fingerprint density at radius 3 is 2.39 bits per heavy atom. The molecule has 2 aromatic carbocycles. The van der Waals surface area contributed by atoms with Crippen molar-refractivity contribution in [1.29, 1.82) is 0 Å². The molecule has 4 amide bonds. The summed E-state index contributed by atoms with van der Waals surface area (Å²) in [6.45, 7) is 8.69. The number of rotatable bonds is 8. The van der Waals surface area contributed by atoms with E-state index in [1.807, 2.05) is 43.0 Å². The van der Waals surface area contributed by atoms with Crippen molar-refractivity contribution >= 4 is 41.1 Å². The quantitative estimate of drug-likeness (QED) is 0.394. The number of anilines is 1. The lowest BCUT2D eigenvalue weighted by Crippen LogP contribution is -2.55. The van der Waals surface area contributed by atoms with E-state index in [0.717, 1.165) is 6.42 Å². The van der Waals surface area contributed by atoms with E-state index < -0.39 is 30.5 Å². The summed E-state index contributed by atoms with van der Waals surface area (Å²) in [5, 5.41) is 16.9. The van der Waals surface area contributed by atoms with Crippen LogP contribution >= 0.6 is 11.6 Å². The summed E-state index contributed by atoms with van der Waals surface area (Å²) in [4.78, 5) is 51.0. The number of carboxylic acid groups (broad SMARTS) is 1. The number of amides is 4. The molecule has 3 rings (SSSR count). The van der Waals surface area contributed by atoms with Crippen LogP contribution in [0.5, 0.6) is 0 Å². The molecule has 1 fully saturated rings. The lowest BCUT2D eigenvalue weighted by atomic mass is 9.70. The van der Waals surface area contributed by atoms with Crippen molar-refractivity contribution in [3.05, 3.63) is 64.7 Å². The molecule has 38 heavy (non-hydrogen) atoms. The van der Waals surface area contributed by atoms with E-state index in [1.54, 1.807) is 18.2 Å². The van der Waals surface area contributed by atoms with Crippen molar-refractivity contribution in [1.82, 2.24) is 15.5 Å². The Morgan fingerprint density at radius 1 is 1.11 bits per heavy atom. The average Bonchev–Trinajstić information content (AvgIpc) is 2.85. The Morgan fingerprint density at radius 2 is 1.79 bits per heavy atom. The van der Waals surface area contributed by atoms with E-state index in [1.165, 1.54) is 11.6 Å². The first-order chi connectivity index (χ1) is 17.9. The van der Waals surface area contributed by atoms with Gasteiger partial charge >= 0.3 is 12.0 Å². The second-order valence-electron chi connectivity index (χ2n) is 10.6. The molecule has 1 aliphatic rings. The number of piperidine rings is 1. The lowest BCUT2D eigenvalue weighted by Gasteiger charge is -2.45. The Bertz CT molecular complexity index is 1180. The van der Waals surface area contributed by atoms with E-state index >= 15 is 0 Å². The first-order valence-electron chi connectivity index (χ1n) is 12.6. The summed E-state index contributed by atoms with van der Waals surface area (Å²) < 4.78 is 0. The fourth-order valence-corrected chi connectivity index (χ4v) is 4.99. The number of nitrogens with one attached hydrogen (secondary N) is 3. The summed E-state index contributed by atoms with van der Waals surface area (Å²) in [6.07, 6.45) is 0.802. The van der Waals surface area contributed by atoms with Crippen LogP contribution in [-0.4, -0.2) is 59.5 Å². The van der Waals surface area contributed by atoms with Crippen LogP contribution in [0.3, 0.4) is 0 Å². The first-order valence-corrected chi connectivity index (χ1v) is 13.0. The molecular formula is C28H35ClN4O5. The number of nitrogens with zero attached hydrogens (tertiary/aromatic N) is 1. The Balaban J connectivity index is 1.67. The van der Waals surface area contributed by atoms with Crippen molar-refractivity contribution in [3.8, 4) is 0 Å². The SMILES string of the molecule is CC(C)C(NC(=O)c1cccc(NC(=O)NCC(=O)O)c1)C(=O)N1CCC(c2ccc(Cl)cc2)C(C)(C)C1. The second-order valence-corrected chi connectivity index (χ2v) is 11.1. The number of hydrogen-bond donors (Lipinski definition) is 4. The summed E-state index contributed by atoms with van der Waals surface area (Å²) in [6, 6.07) is 12.7. The topological polar surface area (TPSA) is 128 Å². The van der Waals surface area contributed by atoms with Gasteiger partial charge in [0, 0.05) is 29.4 Å². The van der Waals surface area contributed by atoms with E-state index in [-0.39, 0.29) is 28.7 Å². The molecule has 0 radical (unpaired) electrons. The smallest absolute Gasteiger partial charge is 0.323 e. The van der Waals surface area contributed by atoms with Crippen LogP contribution in [0.2, 0.25) is 5.02 Å². The van der Waals surface area contributed by atoms with Crippen LogP contribution in [0.15, 0.2) is 48.5 Å². The molecule has 10 heteroatoms. The molecule has 0 aromatic heterocycles. The van der Waals surface area contributed by atoms with Crippen molar-refractivity contribution in [2.24, 2.45) is 11.3 Å². The van der Waals surface area contributed by atoms with Crippen LogP contribution in [0.1, 0.15) is 56.0 Å². The molecule has 2 atom stereocenters. The number of aliphatic carboxylic acids is 1. The van der Waals surface area contributed by atoms with Crippen molar-refractivity contribution in [2.45, 2.75) is 46.1 Å². The Hall–Kier alpha value is -3.59. The zero-order valence-corrected chi connectivity index (χ0v) is 22.8. The van der Waals surface area contributed by atoms with Crippen LogP contribution in [0.25, 0.3) is 0 Å². The standard InChI is InChI=1S/C28H35ClN4O5/c1-17(2)24(32-25(36)19-6-5-7-21(14-19)31-27(38)30-15-23(34)35)26(37)33-13-12-22(28(3,4)16-33)18-8-10-20(29)11-9-18/h5-11,14,17,22,24H,12-13,15-16H2,1-4H3,(H,32,36)(H,34,35)(H2,30,31,38). The van der Waals surface area contributed by atoms with Gasteiger partial charge in [0.1, 0.15) is 12.6 Å². The molecule has 0 saturated carbocycles. The van der Waals surface area contributed by atoms with Gasteiger partial charge in [-0.3, -0.25) is 14.4 Å². The van der Waals surface area contributed by atoms with Gasteiger partial charge in [0.15, 0.2) is 0 Å². The number of carbonyl (C=O) groups excluding carboxylic acids is 3. The van der Waals surface area contributed by atoms with Gasteiger partial charge in [-0.05, 0) is 59.6 Å². The number of halogens is 1. The highest BCUT2D eigenvalue weighted by Gasteiger charge is 2.40. The first kappa shape index (κ1) is 29.0. The highest BCUT2D eigenvalue weighted by Crippen LogP contribution is 2.42. The van der Waals surface area contributed by atoms with Crippen molar-refractivity contribution < 1.29 is 24.3 Å². The Labute approximate surface area is 227 Å². The van der Waals surface area contributed by atoms with Gasteiger partial charge in [0.05, 0.1) is 0 Å². The van der Waals surface area contributed by atoms with Crippen LogP contribution < -0.4 is 16.0 Å². The van der Waals surface area contributed by atoms with E-state index in [9.17, 15) is 19.2 Å². The maximum absolute atomic E-state index is 13.6. The molecule has 0 spiro atoms. The zero-order valence-electron chi connectivity index (χ0n) is 22.1. The maximum atomic E-state index is 13.6. The van der Waals surface area contributed by atoms with Crippen molar-refractivity contribution in [2.75, 3.05) is 25.0 Å². The molecule has 0 aliphatic carbocycles. The lowest BCUT2D eigenvalue weighted by molar-refractivity contribution is -0.138. The molecular weight excluding hydrogens is 508 g/mol. The van der Waals surface area contributed by atoms with Gasteiger partial charge in [-0.15, -0.1) is 0 Å². The minimum Gasteiger partial charge on any atom is -0.480 e. The van der Waals surface area contributed by atoms with Crippen LogP contribution in [0.4, 0.5) is 10.5 Å². The summed E-state index contributed by atoms with van der Waals surface area (Å²) in [5.41, 5.74) is 1.61. The third kappa shape index (κ3) is 7.47. The third-order valence-electron chi connectivity index (χ3n) is 6.82. The van der Waals surface area contributed by atoms with Crippen LogP contribution in [-0.2, 0) is 9.59 Å². The maximum Gasteiger partial charge on any atom is 0.323 e. The minimum absolute atomic E-state index is 0.127. The number of carbonyl (C=O) groups is 4. The molecule has 2 aromatic rings. The molecule has 0 bridgehead atoms. The monoisotopic (exact) mass is 542 g/mol. The molecule has 1 aliphatic heterocycles. The van der Waals surface area contributed by atoms with Gasteiger partial charge < -0.3 is 26.0 Å². The normalized spacial score (nSPS) is 17.4. The molecule has 204 valence electrons. The molecule has 9 nitrogen and oxygen atoms in total. The van der Waals surface area contributed by atoms with E-state index in [0.29, 0.717) is 23.8 Å². The molecule has 1 heterocycles. The van der Waals surface area contributed by atoms with E-state index in [4.69, 9.17) is 16.7 Å². The zero-order chi connectivity index (χ0) is 28.0. The average molecular weight is 543 g/mol. The largest absolute Gasteiger partial charge is 0.480 e. The molecule has 1 saturated heterocycles. The fraction of sp³-hybridized carbons (Fsp3) is 0.429. The molecule has 2 unspecified atom stereocenters. The van der Waals surface area contributed by atoms with Gasteiger partial charge in [-0.25, -0.2) is 4.79 Å². The Kier molecular flexibility index (Phi) is 9.38. The van der Waals surface area contributed by atoms with Gasteiger partial charge in [-0.2, -0.15) is 0 Å². The van der Waals surface area contributed by atoms with Gasteiger partial charge in [0.2, 0.25) is 5.91 Å². The van der Waals surface area contributed by atoms with Crippen LogP contribution in [0, 0.1) is 11.3 Å². The third-order valence-corrected chi connectivity index (χ3v) is 7.07. The summed E-state index contributed by atoms with van der Waals surface area (Å²) in [5.74, 6) is -1.61. The second kappa shape index (κ2) is 12.3. The predicted octanol–water partition coefficient (Wildman–Crippen LogP) is 4.34. The number of carboxylic acids is 1. The van der Waals surface area contributed by atoms with Crippen molar-refractivity contribution in [3.63, 3.8) is 0 Å². The predicted molar refractivity (Wildman–Crippen MR) is 146 cm³/mol. The highest BCUT2D eigenvalue weighted by molar-refractivity contribution is 6.30. The number of urea groups is 1. The number of likely N-dealkylation sites (tertiary alicyclic amines) is 1. The fourth-order valence-electron chi connectivity index (χ4n) is 4.86. The minimum atomic E-state index is -1.17. The molecule has 4 N–H and O–H groups in total. The van der Waals surface area contributed by atoms with Gasteiger partial charge in [-0.1, -0.05) is 57.5 Å². The summed E-state index contributed by atoms with van der Waals surface area (Å²) in [7, 11) is 0.